The summed E-state index contributed by atoms with van der Waals surface area (Å²) in [7, 11) is 0. The Kier molecular flexibility index (Phi) is 4.85. The normalized spacial score (nSPS) is 13.2. The van der Waals surface area contributed by atoms with Crippen molar-refractivity contribution in [3.8, 4) is 0 Å². The lowest BCUT2D eigenvalue weighted by molar-refractivity contribution is -0.116. The van der Waals surface area contributed by atoms with Gasteiger partial charge in [0.2, 0.25) is 11.8 Å². The Hall–Kier alpha value is -2.34. The van der Waals surface area contributed by atoms with E-state index in [1.54, 1.807) is 0 Å². The first-order valence-electron chi connectivity index (χ1n) is 7.63. The average molecular weight is 344 g/mol. The summed E-state index contributed by atoms with van der Waals surface area (Å²) in [5.74, 6) is -0.682. The maximum Gasteiger partial charge on any atom is 0.234 e. The topological polar surface area (TPSA) is 58.2 Å². The van der Waals surface area contributed by atoms with Crippen molar-refractivity contribution in [2.24, 2.45) is 0 Å². The first-order chi connectivity index (χ1) is 11.5. The van der Waals surface area contributed by atoms with Crippen LogP contribution in [0, 0.1) is 12.7 Å². The largest absolute Gasteiger partial charge is 0.326 e. The van der Waals surface area contributed by atoms with Crippen LogP contribution in [-0.4, -0.2) is 17.6 Å². The lowest BCUT2D eigenvalue weighted by Crippen LogP contribution is -2.20. The van der Waals surface area contributed by atoms with Crippen molar-refractivity contribution in [1.29, 1.82) is 0 Å². The van der Waals surface area contributed by atoms with Crippen molar-refractivity contribution in [3.63, 3.8) is 0 Å². The summed E-state index contributed by atoms with van der Waals surface area (Å²) in [5, 5.41) is 5.28. The molecule has 0 unspecified atom stereocenters. The number of anilines is 2. The molecule has 2 N–H and O–H groups in total. The zero-order valence-corrected chi connectivity index (χ0v) is 14.0. The highest BCUT2D eigenvalue weighted by Crippen LogP contribution is 2.29. The van der Waals surface area contributed by atoms with Crippen LogP contribution in [0.3, 0.4) is 0 Å². The van der Waals surface area contributed by atoms with E-state index in [4.69, 9.17) is 0 Å². The first-order valence-corrected chi connectivity index (χ1v) is 8.62. The second-order valence-electron chi connectivity index (χ2n) is 5.64. The number of benzene rings is 2. The molecule has 6 heteroatoms. The Bertz CT molecular complexity index is 808. The zero-order chi connectivity index (χ0) is 17.1. The Morgan fingerprint density at radius 3 is 2.88 bits per heavy atom. The van der Waals surface area contributed by atoms with E-state index in [-0.39, 0.29) is 23.3 Å². The number of thioether (sulfide) groups is 1. The third-order valence-corrected chi connectivity index (χ3v) is 4.99. The molecule has 124 valence electrons. The Balaban J connectivity index is 1.67. The molecule has 0 saturated carbocycles. The van der Waals surface area contributed by atoms with Crippen molar-refractivity contribution in [2.45, 2.75) is 24.7 Å². The number of fused-ring (bicyclic) bond motifs is 1. The second-order valence-corrected chi connectivity index (χ2v) is 6.66. The van der Waals surface area contributed by atoms with Crippen LogP contribution in [-0.2, 0) is 16.0 Å². The third kappa shape index (κ3) is 3.76. The summed E-state index contributed by atoms with van der Waals surface area (Å²) < 4.78 is 14.1. The van der Waals surface area contributed by atoms with Gasteiger partial charge in [-0.25, -0.2) is 4.39 Å². The second kappa shape index (κ2) is 7.05. The Morgan fingerprint density at radius 2 is 2.08 bits per heavy atom. The monoisotopic (exact) mass is 344 g/mol. The van der Waals surface area contributed by atoms with Crippen LogP contribution in [0.5, 0.6) is 0 Å². The summed E-state index contributed by atoms with van der Waals surface area (Å²) in [6, 6.07) is 10.6. The van der Waals surface area contributed by atoms with Crippen molar-refractivity contribution >= 4 is 35.0 Å². The van der Waals surface area contributed by atoms with Gasteiger partial charge in [0, 0.05) is 17.0 Å². The molecule has 0 aliphatic carbocycles. The van der Waals surface area contributed by atoms with Crippen LogP contribution in [0.4, 0.5) is 15.8 Å². The number of hydrogen-bond acceptors (Lipinski definition) is 3. The smallest absolute Gasteiger partial charge is 0.234 e. The van der Waals surface area contributed by atoms with Gasteiger partial charge in [0.15, 0.2) is 0 Å². The van der Waals surface area contributed by atoms with E-state index in [0.29, 0.717) is 18.5 Å². The van der Waals surface area contributed by atoms with Crippen molar-refractivity contribution in [3.05, 3.63) is 53.3 Å². The number of halogens is 1. The molecule has 0 saturated heterocycles. The van der Waals surface area contributed by atoms with Gasteiger partial charge >= 0.3 is 0 Å². The molecule has 0 atom stereocenters. The average Bonchev–Trinajstić information content (AvgIpc) is 2.55. The molecule has 2 amide bonds. The van der Waals surface area contributed by atoms with Gasteiger partial charge in [-0.15, -0.1) is 11.8 Å². The van der Waals surface area contributed by atoms with Gasteiger partial charge in [-0.05, 0) is 42.7 Å². The maximum atomic E-state index is 14.1. The summed E-state index contributed by atoms with van der Waals surface area (Å²) in [4.78, 5) is 24.6. The minimum atomic E-state index is -0.487. The number of amides is 2. The van der Waals surface area contributed by atoms with Gasteiger partial charge in [0.25, 0.3) is 0 Å². The quantitative estimate of drug-likeness (QED) is 0.831. The van der Waals surface area contributed by atoms with Gasteiger partial charge in [0.05, 0.1) is 11.4 Å². The number of hydrogen-bond donors (Lipinski definition) is 2. The number of carbonyl (C=O) groups excluding carboxylic acids is 2. The summed E-state index contributed by atoms with van der Waals surface area (Å²) in [6.45, 7) is 1.98. The SMILES string of the molecule is Cc1ccccc1SCC(=O)Nc1cc2c(cc1F)CCC(=O)N2. The number of aryl methyl sites for hydroxylation is 2. The highest BCUT2D eigenvalue weighted by molar-refractivity contribution is 8.00. The molecule has 3 rings (SSSR count). The maximum absolute atomic E-state index is 14.1. The van der Waals surface area contributed by atoms with Crippen LogP contribution < -0.4 is 10.6 Å². The van der Waals surface area contributed by atoms with Gasteiger partial charge < -0.3 is 10.6 Å². The molecule has 0 bridgehead atoms. The van der Waals surface area contributed by atoms with E-state index in [0.717, 1.165) is 16.0 Å². The van der Waals surface area contributed by atoms with Crippen LogP contribution in [0.25, 0.3) is 0 Å². The van der Waals surface area contributed by atoms with Crippen molar-refractivity contribution in [1.82, 2.24) is 0 Å². The lowest BCUT2D eigenvalue weighted by atomic mass is 10.0. The fraction of sp³-hybridized carbons (Fsp3) is 0.222. The van der Waals surface area contributed by atoms with Gasteiger partial charge in [-0.1, -0.05) is 18.2 Å². The lowest BCUT2D eigenvalue weighted by Gasteiger charge is -2.18. The highest BCUT2D eigenvalue weighted by Gasteiger charge is 2.18. The number of nitrogens with one attached hydrogen (secondary N) is 2. The molecule has 2 aromatic rings. The predicted octanol–water partition coefficient (Wildman–Crippen LogP) is 3.75. The zero-order valence-electron chi connectivity index (χ0n) is 13.2. The van der Waals surface area contributed by atoms with Crippen LogP contribution in [0.15, 0.2) is 41.3 Å². The molecule has 0 aromatic heterocycles. The number of carbonyl (C=O) groups is 2. The van der Waals surface area contributed by atoms with E-state index in [2.05, 4.69) is 10.6 Å². The van der Waals surface area contributed by atoms with Crippen LogP contribution in [0.2, 0.25) is 0 Å². The van der Waals surface area contributed by atoms with Crippen molar-refractivity contribution < 1.29 is 14.0 Å². The van der Waals surface area contributed by atoms with E-state index < -0.39 is 5.82 Å². The summed E-state index contributed by atoms with van der Waals surface area (Å²) >= 11 is 1.41. The molecule has 0 fully saturated rings. The van der Waals surface area contributed by atoms with Crippen LogP contribution >= 0.6 is 11.8 Å². The van der Waals surface area contributed by atoms with Gasteiger partial charge in [-0.3, -0.25) is 9.59 Å². The molecule has 1 aliphatic rings. The van der Waals surface area contributed by atoms with Crippen molar-refractivity contribution in [2.75, 3.05) is 16.4 Å². The molecule has 4 nitrogen and oxygen atoms in total. The molecule has 0 spiro atoms. The van der Waals surface area contributed by atoms with Gasteiger partial charge in [0.1, 0.15) is 5.82 Å². The summed E-state index contributed by atoms with van der Waals surface area (Å²) in [5.41, 5.74) is 2.50. The Labute approximate surface area is 143 Å². The minimum Gasteiger partial charge on any atom is -0.326 e. The molecular weight excluding hydrogens is 327 g/mol. The third-order valence-electron chi connectivity index (χ3n) is 3.81. The first kappa shape index (κ1) is 16.5. The molecule has 1 heterocycles. The minimum absolute atomic E-state index is 0.0892. The van der Waals surface area contributed by atoms with Gasteiger partial charge in [-0.2, -0.15) is 0 Å². The standard InChI is InChI=1S/C18H17FN2O2S/c1-11-4-2-3-5-16(11)24-10-18(23)21-15-9-14-12(8-13(15)19)6-7-17(22)20-14/h2-5,8-9H,6-7,10H2,1H3,(H,20,22)(H,21,23). The van der Waals surface area contributed by atoms with E-state index >= 15 is 0 Å². The molecule has 0 radical (unpaired) electrons. The molecule has 1 aliphatic heterocycles. The van der Waals surface area contributed by atoms with E-state index in [1.807, 2.05) is 31.2 Å². The molecule has 24 heavy (non-hydrogen) atoms. The fourth-order valence-electron chi connectivity index (χ4n) is 2.54. The number of rotatable bonds is 4. The Morgan fingerprint density at radius 1 is 1.29 bits per heavy atom. The predicted molar refractivity (Wildman–Crippen MR) is 93.9 cm³/mol. The molecular formula is C18H17FN2O2S. The summed E-state index contributed by atoms with van der Waals surface area (Å²) in [6.07, 6.45) is 0.862. The highest BCUT2D eigenvalue weighted by atomic mass is 32.2. The fourth-order valence-corrected chi connectivity index (χ4v) is 3.37. The van der Waals surface area contributed by atoms with Crippen LogP contribution in [0.1, 0.15) is 17.5 Å². The van der Waals surface area contributed by atoms with E-state index in [1.165, 1.54) is 23.9 Å². The van der Waals surface area contributed by atoms with E-state index in [9.17, 15) is 14.0 Å². The molecule has 2 aromatic carbocycles.